The number of carbonyl (C=O) groups excluding carboxylic acids is 1. The molecule has 11 unspecified atom stereocenters. The first-order valence-electron chi connectivity index (χ1n) is 12.0. The van der Waals surface area contributed by atoms with Crippen LogP contribution in [-0.2, 0) is 28.5 Å². The Kier molecular flexibility index (Phi) is 9.09. The lowest BCUT2D eigenvalue weighted by Crippen LogP contribution is -2.68. The van der Waals surface area contributed by atoms with Crippen LogP contribution in [0.1, 0.15) is 32.6 Å². The van der Waals surface area contributed by atoms with Gasteiger partial charge in [0.15, 0.2) is 12.6 Å². The van der Waals surface area contributed by atoms with Crippen LogP contribution in [0.4, 0.5) is 0 Å². The molecule has 3 heterocycles. The Hall–Kier alpha value is -0.720. The van der Waals surface area contributed by atoms with E-state index >= 15 is 0 Å². The summed E-state index contributed by atoms with van der Waals surface area (Å²) in [4.78, 5) is 12.6. The number of amides is 1. The molecule has 36 heavy (non-hydrogen) atoms. The Morgan fingerprint density at radius 1 is 1.11 bits per heavy atom. The smallest absolute Gasteiger partial charge is 0.272 e. The molecule has 3 saturated heterocycles. The number of fused-ring (bicyclic) bond motifs is 1. The van der Waals surface area contributed by atoms with E-state index in [1.807, 2.05) is 44.2 Å². The lowest BCUT2D eigenvalue weighted by molar-refractivity contribution is -0.351. The van der Waals surface area contributed by atoms with E-state index in [0.717, 1.165) is 5.56 Å². The van der Waals surface area contributed by atoms with Gasteiger partial charge in [-0.05, 0) is 12.8 Å². The van der Waals surface area contributed by atoms with E-state index in [1.54, 1.807) is 6.92 Å². The van der Waals surface area contributed by atoms with Gasteiger partial charge in [0.25, 0.3) is 9.70 Å². The zero-order chi connectivity index (χ0) is 26.2. The third-order valence-electron chi connectivity index (χ3n) is 7.22. The van der Waals surface area contributed by atoms with Crippen molar-refractivity contribution < 1.29 is 38.7 Å². The molecule has 1 aromatic rings. The third-order valence-corrected chi connectivity index (χ3v) is 7.73. The molecule has 0 radical (unpaired) electrons. The molecule has 0 saturated carbocycles. The van der Waals surface area contributed by atoms with Gasteiger partial charge in [0.1, 0.15) is 24.4 Å². The van der Waals surface area contributed by atoms with Crippen molar-refractivity contribution >= 4 is 40.7 Å². The summed E-state index contributed by atoms with van der Waals surface area (Å²) < 4.78 is 28.6. The molecule has 0 spiro atoms. The van der Waals surface area contributed by atoms with Crippen molar-refractivity contribution in [1.82, 2.24) is 5.32 Å². The minimum atomic E-state index is -2.19. The number of alkyl halides is 3. The summed E-state index contributed by atoms with van der Waals surface area (Å²) in [5.74, 6) is -1.30. The van der Waals surface area contributed by atoms with Crippen LogP contribution in [0.2, 0.25) is 0 Å². The number of hydrogen-bond acceptors (Lipinski definition) is 8. The molecular formula is C24H32Cl3NO8. The number of hydrogen-bond donors (Lipinski definition) is 3. The molecule has 11 atom stereocenters. The fourth-order valence-corrected chi connectivity index (χ4v) is 5.06. The van der Waals surface area contributed by atoms with Gasteiger partial charge >= 0.3 is 0 Å². The highest BCUT2D eigenvalue weighted by atomic mass is 35.6. The van der Waals surface area contributed by atoms with Crippen molar-refractivity contribution in [3.05, 3.63) is 35.9 Å². The van der Waals surface area contributed by atoms with Crippen LogP contribution in [0.3, 0.4) is 0 Å². The Morgan fingerprint density at radius 3 is 2.44 bits per heavy atom. The second kappa shape index (κ2) is 11.6. The summed E-state index contributed by atoms with van der Waals surface area (Å²) in [5, 5.41) is 23.0. The van der Waals surface area contributed by atoms with Crippen molar-refractivity contribution in [2.75, 3.05) is 13.2 Å². The van der Waals surface area contributed by atoms with E-state index in [9.17, 15) is 15.0 Å². The molecule has 0 aliphatic carbocycles. The maximum absolute atomic E-state index is 12.6. The maximum atomic E-state index is 12.6. The molecule has 3 aliphatic rings. The monoisotopic (exact) mass is 567 g/mol. The zero-order valence-electron chi connectivity index (χ0n) is 20.1. The molecule has 4 rings (SSSR count). The first-order chi connectivity index (χ1) is 17.0. The molecule has 3 aliphatic heterocycles. The summed E-state index contributed by atoms with van der Waals surface area (Å²) in [6.07, 6.45) is -5.69. The van der Waals surface area contributed by atoms with Crippen molar-refractivity contribution in [3.63, 3.8) is 0 Å². The van der Waals surface area contributed by atoms with E-state index in [4.69, 9.17) is 58.5 Å². The minimum absolute atomic E-state index is 0.226. The Bertz CT molecular complexity index is 888. The highest BCUT2D eigenvalue weighted by Crippen LogP contribution is 2.39. The first-order valence-corrected chi connectivity index (χ1v) is 13.1. The van der Waals surface area contributed by atoms with E-state index in [0.29, 0.717) is 0 Å². The summed E-state index contributed by atoms with van der Waals surface area (Å²) in [7, 11) is 0. The quantitative estimate of drug-likeness (QED) is 0.464. The standard InChI is InChI=1S/C24H32Cl3NO8/c1-11-12(2)21(34-15(9-29)18(11)30)36-20-17(28-23(31)24(25,26)27)13(3)33-16-10-32-22(35-19(16)20)14-7-5-4-6-8-14/h4-8,11-13,15-22,29-30H,9-10H2,1-3H3,(H,28,31). The van der Waals surface area contributed by atoms with E-state index in [1.165, 1.54) is 0 Å². The van der Waals surface area contributed by atoms with Crippen LogP contribution >= 0.6 is 34.8 Å². The van der Waals surface area contributed by atoms with Gasteiger partial charge in [0, 0.05) is 11.5 Å². The minimum Gasteiger partial charge on any atom is -0.394 e. The first kappa shape index (κ1) is 28.3. The van der Waals surface area contributed by atoms with Crippen LogP contribution < -0.4 is 5.32 Å². The van der Waals surface area contributed by atoms with Gasteiger partial charge in [-0.15, -0.1) is 0 Å². The summed E-state index contributed by atoms with van der Waals surface area (Å²) in [6, 6.07) is 8.65. The fourth-order valence-electron chi connectivity index (χ4n) is 4.90. The average Bonchev–Trinajstić information content (AvgIpc) is 2.85. The summed E-state index contributed by atoms with van der Waals surface area (Å²) in [5.41, 5.74) is 0.814. The molecule has 0 bridgehead atoms. The lowest BCUT2D eigenvalue weighted by atomic mass is 9.84. The molecule has 1 amide bonds. The van der Waals surface area contributed by atoms with Crippen LogP contribution in [0.25, 0.3) is 0 Å². The topological polar surface area (TPSA) is 116 Å². The maximum Gasteiger partial charge on any atom is 0.272 e. The lowest BCUT2D eigenvalue weighted by Gasteiger charge is -2.51. The second-order valence-corrected chi connectivity index (χ2v) is 11.9. The average molecular weight is 569 g/mol. The summed E-state index contributed by atoms with van der Waals surface area (Å²) >= 11 is 17.5. The van der Waals surface area contributed by atoms with Gasteiger partial charge in [-0.3, -0.25) is 4.79 Å². The van der Waals surface area contributed by atoms with Crippen molar-refractivity contribution in [2.24, 2.45) is 11.8 Å². The van der Waals surface area contributed by atoms with E-state index < -0.39 is 64.9 Å². The van der Waals surface area contributed by atoms with Gasteiger partial charge in [-0.2, -0.15) is 0 Å². The molecule has 202 valence electrons. The molecule has 9 nitrogen and oxygen atoms in total. The number of aliphatic hydroxyl groups excluding tert-OH is 2. The normalized spacial score (nSPS) is 41.4. The summed E-state index contributed by atoms with van der Waals surface area (Å²) in [6.45, 7) is 5.38. The highest BCUT2D eigenvalue weighted by molar-refractivity contribution is 6.76. The molecule has 0 aromatic heterocycles. The molecule has 12 heteroatoms. The largest absolute Gasteiger partial charge is 0.394 e. The predicted molar refractivity (Wildman–Crippen MR) is 132 cm³/mol. The van der Waals surface area contributed by atoms with Crippen LogP contribution in [0.15, 0.2) is 30.3 Å². The van der Waals surface area contributed by atoms with Gasteiger partial charge in [-0.25, -0.2) is 0 Å². The number of ether oxygens (including phenoxy) is 5. The van der Waals surface area contributed by atoms with Gasteiger partial charge in [0.2, 0.25) is 0 Å². The van der Waals surface area contributed by atoms with Gasteiger partial charge < -0.3 is 39.2 Å². The SMILES string of the molecule is CC1OC2COC(c3ccccc3)OC2C(OC2OC(CO)C(O)C(C)C2C)C1NC(=O)C(Cl)(Cl)Cl. The fraction of sp³-hybridized carbons (Fsp3) is 0.708. The van der Waals surface area contributed by atoms with E-state index in [2.05, 4.69) is 5.32 Å². The molecular weight excluding hydrogens is 537 g/mol. The van der Waals surface area contributed by atoms with Crippen molar-refractivity contribution in [3.8, 4) is 0 Å². The number of benzene rings is 1. The number of halogens is 3. The third kappa shape index (κ3) is 5.96. The zero-order valence-corrected chi connectivity index (χ0v) is 22.4. The Balaban J connectivity index is 1.63. The van der Waals surface area contributed by atoms with E-state index in [-0.39, 0.29) is 25.0 Å². The molecule has 3 N–H and O–H groups in total. The number of nitrogens with one attached hydrogen (secondary N) is 1. The van der Waals surface area contributed by atoms with Crippen molar-refractivity contribution in [1.29, 1.82) is 0 Å². The second-order valence-electron chi connectivity index (χ2n) is 9.59. The van der Waals surface area contributed by atoms with Crippen LogP contribution in [0.5, 0.6) is 0 Å². The van der Waals surface area contributed by atoms with Crippen LogP contribution in [-0.4, -0.2) is 82.1 Å². The number of rotatable bonds is 5. The Labute approximate surface area is 225 Å². The van der Waals surface area contributed by atoms with Gasteiger partial charge in [0.05, 0.1) is 31.5 Å². The van der Waals surface area contributed by atoms with Crippen molar-refractivity contribution in [2.45, 2.75) is 79.8 Å². The number of aliphatic hydroxyl groups is 2. The molecule has 1 aromatic carbocycles. The molecule has 3 fully saturated rings. The number of carbonyl (C=O) groups is 1. The predicted octanol–water partition coefficient (Wildman–Crippen LogP) is 2.48. The highest BCUT2D eigenvalue weighted by Gasteiger charge is 2.53. The Morgan fingerprint density at radius 2 is 1.81 bits per heavy atom. The van der Waals surface area contributed by atoms with Gasteiger partial charge in [-0.1, -0.05) is 79.0 Å². The van der Waals surface area contributed by atoms with Crippen LogP contribution in [0, 0.1) is 11.8 Å².